The molecular weight excluding hydrogens is 344 g/mol. The summed E-state index contributed by atoms with van der Waals surface area (Å²) in [7, 11) is 0. The molecule has 4 atom stereocenters. The fourth-order valence-corrected chi connectivity index (χ4v) is 4.44. The van der Waals surface area contributed by atoms with Gasteiger partial charge in [0.05, 0.1) is 23.5 Å². The van der Waals surface area contributed by atoms with Crippen LogP contribution in [0.2, 0.25) is 0 Å². The van der Waals surface area contributed by atoms with E-state index in [4.69, 9.17) is 15.8 Å². The molecule has 6 N–H and O–H groups in total. The van der Waals surface area contributed by atoms with E-state index in [2.05, 4.69) is 10.3 Å². The average Bonchev–Trinajstić information content (AvgIpc) is 3.04. The Morgan fingerprint density at radius 3 is 2.92 bits per heavy atom. The van der Waals surface area contributed by atoms with E-state index in [0.717, 1.165) is 29.4 Å². The van der Waals surface area contributed by atoms with Crippen LogP contribution in [0, 0.1) is 0 Å². The number of aliphatic hydroxyl groups is 1. The lowest BCUT2D eigenvalue weighted by Crippen LogP contribution is -2.47. The topological polar surface area (TPSA) is 141 Å². The molecule has 1 aromatic rings. The van der Waals surface area contributed by atoms with Crippen LogP contribution < -0.4 is 11.1 Å². The molecule has 0 radical (unpaired) electrons. The molecule has 1 fully saturated rings. The van der Waals surface area contributed by atoms with Gasteiger partial charge < -0.3 is 26.2 Å². The van der Waals surface area contributed by atoms with Gasteiger partial charge in [0, 0.05) is 31.1 Å². The number of nitrogens with zero attached hydrogens (tertiary/aromatic N) is 1. The van der Waals surface area contributed by atoms with Crippen molar-refractivity contribution in [3.8, 4) is 0 Å². The summed E-state index contributed by atoms with van der Waals surface area (Å²) in [4.78, 5) is 31.2. The maximum atomic E-state index is 12.3. The molecule has 0 aliphatic carbocycles. The maximum Gasteiger partial charge on any atom is 0.323 e. The first-order valence-corrected chi connectivity index (χ1v) is 9.69. The third kappa shape index (κ3) is 4.22. The summed E-state index contributed by atoms with van der Waals surface area (Å²) >= 11 is 1.94. The zero-order valence-electron chi connectivity index (χ0n) is 13.9. The molecule has 3 heterocycles. The standard InChI is InChI=1S/C16H24N4O4S/c17-14(16(23)24)13(22)5-12(21)10-4-9-11(6-18-10)20-15(19-9)8-2-1-3-25-7-8/h8,10,13-14,18,22H,1-7,17H2,(H,19,20)(H,23,24)/t8?,10-,13+,14-/m0/s1. The third-order valence-corrected chi connectivity index (χ3v) is 6.07. The minimum absolute atomic E-state index is 0.243. The highest BCUT2D eigenvalue weighted by atomic mass is 32.2. The van der Waals surface area contributed by atoms with Crippen LogP contribution in [0.4, 0.5) is 0 Å². The Hall–Kier alpha value is -1.42. The first-order chi connectivity index (χ1) is 12.0. The molecule has 0 aromatic carbocycles. The number of nitrogens with two attached hydrogens (primary N) is 1. The second kappa shape index (κ2) is 7.86. The average molecular weight is 368 g/mol. The van der Waals surface area contributed by atoms with Crippen molar-refractivity contribution >= 4 is 23.5 Å². The highest BCUT2D eigenvalue weighted by molar-refractivity contribution is 7.99. The summed E-state index contributed by atoms with van der Waals surface area (Å²) in [5.41, 5.74) is 7.26. The van der Waals surface area contributed by atoms with E-state index in [1.165, 1.54) is 12.2 Å². The fraction of sp³-hybridized carbons (Fsp3) is 0.688. The van der Waals surface area contributed by atoms with Crippen LogP contribution in [-0.2, 0) is 22.6 Å². The fourth-order valence-electron chi connectivity index (χ4n) is 3.29. The number of hydrogen-bond acceptors (Lipinski definition) is 7. The molecule has 0 bridgehead atoms. The van der Waals surface area contributed by atoms with E-state index < -0.39 is 24.2 Å². The van der Waals surface area contributed by atoms with Crippen molar-refractivity contribution in [1.82, 2.24) is 15.3 Å². The molecule has 0 spiro atoms. The van der Waals surface area contributed by atoms with Crippen molar-refractivity contribution < 1.29 is 19.8 Å². The normalized spacial score (nSPS) is 25.8. The zero-order valence-corrected chi connectivity index (χ0v) is 14.7. The van der Waals surface area contributed by atoms with E-state index >= 15 is 0 Å². The van der Waals surface area contributed by atoms with Crippen LogP contribution in [0.5, 0.6) is 0 Å². The molecule has 1 saturated heterocycles. The van der Waals surface area contributed by atoms with E-state index in [9.17, 15) is 14.7 Å². The van der Waals surface area contributed by atoms with Crippen LogP contribution in [0.3, 0.4) is 0 Å². The minimum Gasteiger partial charge on any atom is -0.480 e. The van der Waals surface area contributed by atoms with Crippen molar-refractivity contribution in [3.63, 3.8) is 0 Å². The second-order valence-corrected chi connectivity index (χ2v) is 7.85. The number of aliphatic hydroxyl groups excluding tert-OH is 1. The lowest BCUT2D eigenvalue weighted by atomic mass is 9.96. The molecule has 1 unspecified atom stereocenters. The number of rotatable bonds is 6. The monoisotopic (exact) mass is 368 g/mol. The molecule has 138 valence electrons. The summed E-state index contributed by atoms with van der Waals surface area (Å²) in [6.07, 6.45) is 1.11. The number of H-pyrrole nitrogens is 1. The second-order valence-electron chi connectivity index (χ2n) is 6.70. The number of ketones is 1. The Labute approximate surface area is 150 Å². The van der Waals surface area contributed by atoms with Crippen LogP contribution in [0.15, 0.2) is 0 Å². The van der Waals surface area contributed by atoms with Crippen LogP contribution in [0.1, 0.15) is 42.4 Å². The Kier molecular flexibility index (Phi) is 5.78. The number of thioether (sulfide) groups is 1. The highest BCUT2D eigenvalue weighted by Gasteiger charge is 2.32. The van der Waals surface area contributed by atoms with Crippen LogP contribution in [-0.4, -0.2) is 61.6 Å². The van der Waals surface area contributed by atoms with Gasteiger partial charge in [-0.15, -0.1) is 0 Å². The number of fused-ring (bicyclic) bond motifs is 1. The quantitative estimate of drug-likeness (QED) is 0.463. The van der Waals surface area contributed by atoms with Gasteiger partial charge in [0.15, 0.2) is 5.78 Å². The largest absolute Gasteiger partial charge is 0.480 e. The lowest BCUT2D eigenvalue weighted by Gasteiger charge is -2.23. The van der Waals surface area contributed by atoms with E-state index in [-0.39, 0.29) is 12.2 Å². The van der Waals surface area contributed by atoms with Gasteiger partial charge in [-0.1, -0.05) is 0 Å². The minimum atomic E-state index is -1.45. The summed E-state index contributed by atoms with van der Waals surface area (Å²) in [5, 5.41) is 21.7. The molecular formula is C16H24N4O4S. The Morgan fingerprint density at radius 2 is 2.24 bits per heavy atom. The summed E-state index contributed by atoms with van der Waals surface area (Å²) in [5.74, 6) is 2.15. The molecule has 3 rings (SSSR count). The van der Waals surface area contributed by atoms with Crippen molar-refractivity contribution in [2.45, 2.75) is 56.3 Å². The molecule has 25 heavy (non-hydrogen) atoms. The number of aromatic amines is 1. The molecule has 9 heteroatoms. The summed E-state index contributed by atoms with van der Waals surface area (Å²) in [6.45, 7) is 0.514. The van der Waals surface area contributed by atoms with Crippen molar-refractivity contribution in [2.24, 2.45) is 5.73 Å². The number of carboxylic acids is 1. The van der Waals surface area contributed by atoms with Crippen molar-refractivity contribution in [3.05, 3.63) is 17.2 Å². The highest BCUT2D eigenvalue weighted by Crippen LogP contribution is 2.31. The SMILES string of the molecule is N[C@H](C(=O)O)[C@H](O)CC(=O)[C@@H]1Cc2nc(C3CCCSC3)[nH]c2CN1. The number of nitrogens with one attached hydrogen (secondary N) is 2. The number of carbonyl (C=O) groups excluding carboxylic acids is 1. The molecule has 2 aliphatic rings. The Morgan fingerprint density at radius 1 is 1.44 bits per heavy atom. The predicted octanol–water partition coefficient (Wildman–Crippen LogP) is -0.233. The zero-order chi connectivity index (χ0) is 18.0. The molecule has 0 saturated carbocycles. The number of carboxylic acid groups (broad SMARTS) is 1. The number of Topliss-reactive ketones (excluding diaryl/α,β-unsaturated/α-hetero) is 1. The number of imidazole rings is 1. The maximum absolute atomic E-state index is 12.3. The van der Waals surface area contributed by atoms with Gasteiger partial charge >= 0.3 is 5.97 Å². The van der Waals surface area contributed by atoms with Crippen molar-refractivity contribution in [1.29, 1.82) is 0 Å². The molecule has 1 aromatic heterocycles. The first kappa shape index (κ1) is 18.4. The summed E-state index contributed by atoms with van der Waals surface area (Å²) < 4.78 is 0. The van der Waals surface area contributed by atoms with Gasteiger partial charge in [0.2, 0.25) is 0 Å². The number of carbonyl (C=O) groups is 2. The van der Waals surface area contributed by atoms with Gasteiger partial charge in [-0.25, -0.2) is 4.98 Å². The lowest BCUT2D eigenvalue weighted by molar-refractivity contribution is -0.141. The summed E-state index contributed by atoms with van der Waals surface area (Å²) in [6, 6.07) is -1.93. The molecule has 2 aliphatic heterocycles. The predicted molar refractivity (Wildman–Crippen MR) is 93.5 cm³/mol. The Bertz CT molecular complexity index is 644. The van der Waals surface area contributed by atoms with Crippen LogP contribution in [0.25, 0.3) is 0 Å². The first-order valence-electron chi connectivity index (χ1n) is 8.53. The van der Waals surface area contributed by atoms with E-state index in [0.29, 0.717) is 18.9 Å². The van der Waals surface area contributed by atoms with Crippen LogP contribution >= 0.6 is 11.8 Å². The van der Waals surface area contributed by atoms with E-state index in [1.807, 2.05) is 11.8 Å². The number of hydrogen-bond donors (Lipinski definition) is 5. The van der Waals surface area contributed by atoms with Gasteiger partial charge in [-0.3, -0.25) is 9.59 Å². The molecule has 0 amide bonds. The smallest absolute Gasteiger partial charge is 0.323 e. The third-order valence-electron chi connectivity index (χ3n) is 4.85. The van der Waals surface area contributed by atoms with Gasteiger partial charge in [-0.2, -0.15) is 11.8 Å². The van der Waals surface area contributed by atoms with Gasteiger partial charge in [0.1, 0.15) is 11.9 Å². The van der Waals surface area contributed by atoms with Gasteiger partial charge in [-0.05, 0) is 18.6 Å². The van der Waals surface area contributed by atoms with Gasteiger partial charge in [0.25, 0.3) is 0 Å². The Balaban J connectivity index is 1.61. The van der Waals surface area contributed by atoms with E-state index in [1.54, 1.807) is 0 Å². The molecule has 8 nitrogen and oxygen atoms in total. The number of aliphatic carboxylic acids is 1. The van der Waals surface area contributed by atoms with Crippen molar-refractivity contribution in [2.75, 3.05) is 11.5 Å². The number of aromatic nitrogens is 2.